The maximum atomic E-state index is 13.4. The Morgan fingerprint density at radius 1 is 1.12 bits per heavy atom. The third-order valence-electron chi connectivity index (χ3n) is 6.73. The second-order valence-electron chi connectivity index (χ2n) is 9.18. The number of anilines is 1. The molecule has 5 rings (SSSR count). The van der Waals surface area contributed by atoms with Gasteiger partial charge in [0.05, 0.1) is 5.69 Å². The number of aromatic nitrogens is 2. The fraction of sp³-hybridized carbons (Fsp3) is 0.423. The molecule has 2 fully saturated rings. The molecule has 2 aliphatic rings. The molecule has 1 unspecified atom stereocenters. The summed E-state index contributed by atoms with van der Waals surface area (Å²) in [5.74, 6) is 1.70. The number of piperazine rings is 1. The van der Waals surface area contributed by atoms with Crippen LogP contribution in [0.4, 0.5) is 5.82 Å². The van der Waals surface area contributed by atoms with E-state index in [4.69, 9.17) is 11.6 Å². The number of thiazole rings is 1. The van der Waals surface area contributed by atoms with Crippen molar-refractivity contribution in [1.82, 2.24) is 19.8 Å². The summed E-state index contributed by atoms with van der Waals surface area (Å²) in [6, 6.07) is 13.7. The first-order chi connectivity index (χ1) is 16.6. The molecule has 2 aromatic heterocycles. The van der Waals surface area contributed by atoms with Gasteiger partial charge in [-0.1, -0.05) is 29.8 Å². The normalized spacial score (nSPS) is 19.4. The number of carbonyl (C=O) groups is 1. The van der Waals surface area contributed by atoms with E-state index in [2.05, 4.69) is 25.8 Å². The van der Waals surface area contributed by atoms with Crippen LogP contribution < -0.4 is 4.90 Å². The number of aryl methyl sites for hydroxylation is 1. The number of nitrogens with zero attached hydrogens (tertiary/aromatic N) is 5. The van der Waals surface area contributed by atoms with Crippen LogP contribution in [0.15, 0.2) is 48.7 Å². The van der Waals surface area contributed by atoms with E-state index in [1.807, 2.05) is 54.4 Å². The van der Waals surface area contributed by atoms with Crippen LogP contribution in [0.5, 0.6) is 0 Å². The second-order valence-corrected chi connectivity index (χ2v) is 10.6. The predicted octanol–water partition coefficient (Wildman–Crippen LogP) is 4.84. The van der Waals surface area contributed by atoms with Gasteiger partial charge in [-0.2, -0.15) is 0 Å². The molecule has 1 atom stereocenters. The van der Waals surface area contributed by atoms with E-state index in [1.54, 1.807) is 0 Å². The molecule has 0 saturated carbocycles. The van der Waals surface area contributed by atoms with Gasteiger partial charge in [-0.05, 0) is 49.9 Å². The first-order valence-electron chi connectivity index (χ1n) is 12.0. The van der Waals surface area contributed by atoms with E-state index in [9.17, 15) is 4.79 Å². The minimum atomic E-state index is 0.118. The van der Waals surface area contributed by atoms with Crippen LogP contribution in [0.1, 0.15) is 28.2 Å². The molecular formula is C26H30ClN5OS. The van der Waals surface area contributed by atoms with Gasteiger partial charge in [0, 0.05) is 62.6 Å². The molecule has 1 amide bonds. The zero-order valence-electron chi connectivity index (χ0n) is 19.5. The molecule has 0 N–H and O–H groups in total. The van der Waals surface area contributed by atoms with Crippen molar-refractivity contribution in [3.05, 3.63) is 64.3 Å². The number of carbonyl (C=O) groups excluding carboxylic acids is 1. The third-order valence-corrected chi connectivity index (χ3v) is 8.16. The smallest absolute Gasteiger partial charge is 0.265 e. The minimum absolute atomic E-state index is 0.118. The summed E-state index contributed by atoms with van der Waals surface area (Å²) in [6.07, 6.45) is 4.10. The van der Waals surface area contributed by atoms with Crippen molar-refractivity contribution in [2.24, 2.45) is 5.92 Å². The molecule has 6 nitrogen and oxygen atoms in total. The zero-order valence-corrected chi connectivity index (χ0v) is 21.1. The molecule has 0 aliphatic carbocycles. The summed E-state index contributed by atoms with van der Waals surface area (Å²) in [7, 11) is 0. The van der Waals surface area contributed by atoms with Crippen LogP contribution in [0.3, 0.4) is 0 Å². The first-order valence-corrected chi connectivity index (χ1v) is 13.2. The number of benzene rings is 1. The maximum absolute atomic E-state index is 13.4. The summed E-state index contributed by atoms with van der Waals surface area (Å²) in [5.41, 5.74) is 1.76. The molecule has 0 spiro atoms. The predicted molar refractivity (Wildman–Crippen MR) is 139 cm³/mol. The van der Waals surface area contributed by atoms with Gasteiger partial charge >= 0.3 is 0 Å². The summed E-state index contributed by atoms with van der Waals surface area (Å²) >= 11 is 7.63. The standard InChI is InChI=1S/C26H30ClN5OS/c1-19-24(34-25(29-19)21-7-4-8-22(27)16-21)26(33)32-11-5-6-20(18-32)17-30-12-14-31(15-13-30)23-9-2-3-10-28-23/h2-4,7-10,16,20H,5-6,11-15,17-18H2,1H3. The summed E-state index contributed by atoms with van der Waals surface area (Å²) in [5, 5.41) is 1.53. The van der Waals surface area contributed by atoms with Crippen LogP contribution in [0, 0.1) is 12.8 Å². The van der Waals surface area contributed by atoms with E-state index in [0.717, 1.165) is 79.2 Å². The Morgan fingerprint density at radius 2 is 1.97 bits per heavy atom. The number of halogens is 1. The summed E-state index contributed by atoms with van der Waals surface area (Å²) in [6.45, 7) is 8.71. The van der Waals surface area contributed by atoms with E-state index >= 15 is 0 Å². The van der Waals surface area contributed by atoms with Gasteiger partial charge in [0.2, 0.25) is 0 Å². The number of piperidine rings is 1. The van der Waals surface area contributed by atoms with Gasteiger partial charge in [-0.3, -0.25) is 9.69 Å². The van der Waals surface area contributed by atoms with Crippen molar-refractivity contribution in [3.8, 4) is 10.6 Å². The van der Waals surface area contributed by atoms with E-state index < -0.39 is 0 Å². The Hall–Kier alpha value is -2.48. The number of likely N-dealkylation sites (tertiary alicyclic amines) is 1. The fourth-order valence-corrected chi connectivity index (χ4v) is 6.17. The van der Waals surface area contributed by atoms with Gasteiger partial charge in [-0.15, -0.1) is 11.3 Å². The SMILES string of the molecule is Cc1nc(-c2cccc(Cl)c2)sc1C(=O)N1CCCC(CN2CCN(c3ccccn3)CC2)C1. The van der Waals surface area contributed by atoms with Crippen LogP contribution in [-0.2, 0) is 0 Å². The Labute approximate surface area is 210 Å². The largest absolute Gasteiger partial charge is 0.354 e. The van der Waals surface area contributed by atoms with Crippen LogP contribution in [0.25, 0.3) is 10.6 Å². The average molecular weight is 496 g/mol. The highest BCUT2D eigenvalue weighted by Gasteiger charge is 2.29. The quantitative estimate of drug-likeness (QED) is 0.507. The second kappa shape index (κ2) is 10.4. The van der Waals surface area contributed by atoms with E-state index in [1.165, 1.54) is 17.8 Å². The first kappa shape index (κ1) is 23.3. The molecule has 34 heavy (non-hydrogen) atoms. The zero-order chi connectivity index (χ0) is 23.5. The fourth-order valence-electron chi connectivity index (χ4n) is 4.95. The van der Waals surface area contributed by atoms with Crippen molar-refractivity contribution in [2.75, 3.05) is 50.7 Å². The van der Waals surface area contributed by atoms with Crippen LogP contribution >= 0.6 is 22.9 Å². The number of amides is 1. The average Bonchev–Trinajstić information content (AvgIpc) is 3.26. The highest BCUT2D eigenvalue weighted by atomic mass is 35.5. The number of hydrogen-bond acceptors (Lipinski definition) is 6. The Bertz CT molecular complexity index is 1130. The molecule has 2 aliphatic heterocycles. The van der Waals surface area contributed by atoms with Gasteiger partial charge in [0.25, 0.3) is 5.91 Å². The lowest BCUT2D eigenvalue weighted by Crippen LogP contribution is -2.50. The van der Waals surface area contributed by atoms with Gasteiger partial charge in [0.1, 0.15) is 15.7 Å². The van der Waals surface area contributed by atoms with Crippen molar-refractivity contribution >= 4 is 34.7 Å². The molecule has 1 aromatic carbocycles. The third kappa shape index (κ3) is 5.27. The molecule has 0 bridgehead atoms. The van der Waals surface area contributed by atoms with Crippen molar-refractivity contribution in [3.63, 3.8) is 0 Å². The number of rotatable bonds is 5. The van der Waals surface area contributed by atoms with Crippen molar-refractivity contribution < 1.29 is 4.79 Å². The molecule has 4 heterocycles. The lowest BCUT2D eigenvalue weighted by molar-refractivity contribution is 0.0641. The Kier molecular flexibility index (Phi) is 7.13. The van der Waals surface area contributed by atoms with E-state index in [-0.39, 0.29) is 5.91 Å². The molecular weight excluding hydrogens is 466 g/mol. The van der Waals surface area contributed by atoms with Crippen molar-refractivity contribution in [2.45, 2.75) is 19.8 Å². The summed E-state index contributed by atoms with van der Waals surface area (Å²) in [4.78, 5) is 30.3. The molecule has 8 heteroatoms. The maximum Gasteiger partial charge on any atom is 0.265 e. The minimum Gasteiger partial charge on any atom is -0.354 e. The Balaban J connectivity index is 1.18. The van der Waals surface area contributed by atoms with Gasteiger partial charge in [0.15, 0.2) is 0 Å². The Morgan fingerprint density at radius 3 is 2.74 bits per heavy atom. The number of pyridine rings is 1. The topological polar surface area (TPSA) is 52.6 Å². The molecule has 0 radical (unpaired) electrons. The molecule has 3 aromatic rings. The highest BCUT2D eigenvalue weighted by Crippen LogP contribution is 2.31. The summed E-state index contributed by atoms with van der Waals surface area (Å²) < 4.78 is 0. The van der Waals surface area contributed by atoms with Crippen LogP contribution in [0.2, 0.25) is 5.02 Å². The monoisotopic (exact) mass is 495 g/mol. The lowest BCUT2D eigenvalue weighted by Gasteiger charge is -2.39. The molecule has 178 valence electrons. The lowest BCUT2D eigenvalue weighted by atomic mass is 9.97. The highest BCUT2D eigenvalue weighted by molar-refractivity contribution is 7.17. The van der Waals surface area contributed by atoms with Crippen LogP contribution in [-0.4, -0.2) is 71.5 Å². The van der Waals surface area contributed by atoms with E-state index in [0.29, 0.717) is 10.9 Å². The van der Waals surface area contributed by atoms with Gasteiger partial charge < -0.3 is 9.80 Å². The number of hydrogen-bond donors (Lipinski definition) is 0. The van der Waals surface area contributed by atoms with Crippen molar-refractivity contribution in [1.29, 1.82) is 0 Å². The molecule has 2 saturated heterocycles. The van der Waals surface area contributed by atoms with Gasteiger partial charge in [-0.25, -0.2) is 9.97 Å².